The smallest absolute Gasteiger partial charge is 0.323 e. The number of primary amides is 1. The SMILES string of the molecule is NC(=O)N(c1ccc(-c2cn(-c3ccc(NC(=O)CCN4CCCC4)cc3)nn2)cc1)c1ccc(-c2cn(-c3ccc(NC(=O)CCN4CCCC4)cc3)nn2)cc1. The number of rotatable bonds is 14. The summed E-state index contributed by atoms with van der Waals surface area (Å²) in [5.41, 5.74) is 13.1. The molecule has 58 heavy (non-hydrogen) atoms. The summed E-state index contributed by atoms with van der Waals surface area (Å²) in [5, 5.41) is 23.3. The van der Waals surface area contributed by atoms with Crippen LogP contribution in [0.1, 0.15) is 38.5 Å². The van der Waals surface area contributed by atoms with Crippen LogP contribution in [-0.2, 0) is 9.59 Å². The number of urea groups is 1. The first-order chi connectivity index (χ1) is 28.3. The molecule has 296 valence electrons. The number of carbonyl (C=O) groups excluding carboxylic acids is 3. The molecule has 8 rings (SSSR count). The number of likely N-dealkylation sites (tertiary alicyclic amines) is 2. The maximum absolute atomic E-state index is 12.7. The highest BCUT2D eigenvalue weighted by molar-refractivity contribution is 5.99. The average Bonchev–Trinajstić information content (AvgIpc) is 4.10. The van der Waals surface area contributed by atoms with Crippen molar-refractivity contribution in [3.63, 3.8) is 0 Å². The first-order valence-electron chi connectivity index (χ1n) is 19.7. The fourth-order valence-corrected chi connectivity index (χ4v) is 7.38. The minimum absolute atomic E-state index is 0.00492. The molecule has 2 aromatic heterocycles. The van der Waals surface area contributed by atoms with Crippen molar-refractivity contribution in [2.45, 2.75) is 38.5 Å². The van der Waals surface area contributed by atoms with Gasteiger partial charge in [-0.2, -0.15) is 0 Å². The van der Waals surface area contributed by atoms with Gasteiger partial charge in [0.05, 0.1) is 35.1 Å². The number of amides is 4. The zero-order chi connectivity index (χ0) is 39.8. The van der Waals surface area contributed by atoms with Crippen molar-refractivity contribution < 1.29 is 14.4 Å². The van der Waals surface area contributed by atoms with Crippen LogP contribution in [-0.4, -0.2) is 96.9 Å². The standard InChI is InChI=1S/C43H46N12O3/c44-43(58)55(37-13-5-31(6-14-37)39-29-53(49-47-39)35-17-9-33(10-18-35)45-41(56)21-27-51-23-1-2-24-51)38-15-7-32(8-16-38)40-30-54(50-48-40)36-19-11-34(12-20-36)46-42(57)22-28-52-25-3-4-26-52/h5-20,29-30H,1-4,21-28H2,(H2,44,58)(H,45,56)(H,46,57). The summed E-state index contributed by atoms with van der Waals surface area (Å²) in [6.07, 6.45) is 9.43. The van der Waals surface area contributed by atoms with Crippen molar-refractivity contribution in [2.24, 2.45) is 5.73 Å². The molecular formula is C43H46N12O3. The third kappa shape index (κ3) is 9.28. The highest BCUT2D eigenvalue weighted by Gasteiger charge is 2.18. The fourth-order valence-electron chi connectivity index (χ4n) is 7.38. The number of nitrogens with one attached hydrogen (secondary N) is 2. The van der Waals surface area contributed by atoms with Crippen LogP contribution in [0.2, 0.25) is 0 Å². The second-order valence-electron chi connectivity index (χ2n) is 14.7. The van der Waals surface area contributed by atoms with Crippen LogP contribution in [0.4, 0.5) is 27.5 Å². The first-order valence-corrected chi connectivity index (χ1v) is 19.7. The molecule has 0 atom stereocenters. The highest BCUT2D eigenvalue weighted by Crippen LogP contribution is 2.30. The number of anilines is 4. The van der Waals surface area contributed by atoms with E-state index in [9.17, 15) is 14.4 Å². The molecular weight excluding hydrogens is 733 g/mol. The number of nitrogens with zero attached hydrogens (tertiary/aromatic N) is 9. The maximum atomic E-state index is 12.7. The predicted octanol–water partition coefficient (Wildman–Crippen LogP) is 6.25. The van der Waals surface area contributed by atoms with E-state index in [1.807, 2.05) is 109 Å². The molecule has 2 aliphatic rings. The van der Waals surface area contributed by atoms with Gasteiger partial charge in [-0.25, -0.2) is 14.2 Å². The molecule has 6 aromatic rings. The summed E-state index contributed by atoms with van der Waals surface area (Å²) in [6.45, 7) is 5.86. The van der Waals surface area contributed by atoms with Crippen LogP contribution in [0.3, 0.4) is 0 Å². The van der Waals surface area contributed by atoms with Crippen molar-refractivity contribution >= 4 is 40.6 Å². The molecule has 0 aliphatic carbocycles. The van der Waals surface area contributed by atoms with Gasteiger partial charge in [0.25, 0.3) is 0 Å². The molecule has 4 N–H and O–H groups in total. The first kappa shape index (κ1) is 38.2. The normalized spacial score (nSPS) is 14.4. The Morgan fingerprint density at radius 3 is 1.29 bits per heavy atom. The molecule has 0 radical (unpaired) electrons. The van der Waals surface area contributed by atoms with E-state index in [1.165, 1.54) is 30.6 Å². The zero-order valence-electron chi connectivity index (χ0n) is 32.2. The molecule has 0 unspecified atom stereocenters. The third-order valence-electron chi connectivity index (χ3n) is 10.6. The van der Waals surface area contributed by atoms with E-state index in [1.54, 1.807) is 9.36 Å². The Kier molecular flexibility index (Phi) is 11.6. The lowest BCUT2D eigenvalue weighted by Gasteiger charge is -2.21. The summed E-state index contributed by atoms with van der Waals surface area (Å²) in [4.78, 5) is 43.7. The monoisotopic (exact) mass is 778 g/mol. The molecule has 0 bridgehead atoms. The Morgan fingerprint density at radius 1 is 0.552 bits per heavy atom. The molecule has 4 amide bonds. The number of carbonyl (C=O) groups is 3. The molecule has 15 heteroatoms. The zero-order valence-corrected chi connectivity index (χ0v) is 32.2. The van der Waals surface area contributed by atoms with Gasteiger partial charge in [0.2, 0.25) is 11.8 Å². The van der Waals surface area contributed by atoms with Crippen LogP contribution in [0.15, 0.2) is 109 Å². The number of hydrogen-bond donors (Lipinski definition) is 3. The van der Waals surface area contributed by atoms with E-state index in [4.69, 9.17) is 5.73 Å². The van der Waals surface area contributed by atoms with Gasteiger partial charge in [-0.15, -0.1) is 10.2 Å². The second-order valence-corrected chi connectivity index (χ2v) is 14.7. The van der Waals surface area contributed by atoms with Gasteiger partial charge in [0.1, 0.15) is 11.4 Å². The quantitative estimate of drug-likeness (QED) is 0.116. The van der Waals surface area contributed by atoms with Crippen molar-refractivity contribution in [1.82, 2.24) is 39.8 Å². The molecule has 15 nitrogen and oxygen atoms in total. The van der Waals surface area contributed by atoms with Crippen LogP contribution in [0.25, 0.3) is 33.9 Å². The van der Waals surface area contributed by atoms with E-state index in [2.05, 4.69) is 41.1 Å². The largest absolute Gasteiger partial charge is 0.351 e. The van der Waals surface area contributed by atoms with E-state index >= 15 is 0 Å². The lowest BCUT2D eigenvalue weighted by Crippen LogP contribution is -2.31. The van der Waals surface area contributed by atoms with Gasteiger partial charge in [0.15, 0.2) is 0 Å². The Labute approximate surface area is 336 Å². The molecule has 4 heterocycles. The minimum atomic E-state index is -0.630. The predicted molar refractivity (Wildman–Crippen MR) is 223 cm³/mol. The third-order valence-corrected chi connectivity index (χ3v) is 10.6. The Bertz CT molecular complexity index is 2170. The average molecular weight is 779 g/mol. The summed E-state index contributed by atoms with van der Waals surface area (Å²) in [7, 11) is 0. The number of benzene rings is 4. The van der Waals surface area contributed by atoms with Crippen LogP contribution in [0.5, 0.6) is 0 Å². The molecule has 2 fully saturated rings. The topological polar surface area (TPSA) is 172 Å². The summed E-state index contributed by atoms with van der Waals surface area (Å²) in [6, 6.07) is 29.0. The molecule has 2 saturated heterocycles. The van der Waals surface area contributed by atoms with Crippen molar-refractivity contribution in [1.29, 1.82) is 0 Å². The number of nitrogens with two attached hydrogens (primary N) is 1. The number of hydrogen-bond acceptors (Lipinski definition) is 9. The Morgan fingerprint density at radius 2 is 0.931 bits per heavy atom. The fraction of sp³-hybridized carbons (Fsp3) is 0.279. The highest BCUT2D eigenvalue weighted by atomic mass is 16.2. The van der Waals surface area contributed by atoms with E-state index in [-0.39, 0.29) is 11.8 Å². The Balaban J connectivity index is 0.865. The Hall–Kier alpha value is -6.71. The molecule has 0 spiro atoms. The molecule has 2 aliphatic heterocycles. The van der Waals surface area contributed by atoms with Crippen LogP contribution >= 0.6 is 0 Å². The lowest BCUT2D eigenvalue weighted by atomic mass is 10.1. The van der Waals surface area contributed by atoms with Gasteiger partial charge < -0.3 is 26.2 Å². The summed E-state index contributed by atoms with van der Waals surface area (Å²) in [5.74, 6) is 0.00984. The van der Waals surface area contributed by atoms with E-state index in [0.717, 1.165) is 73.1 Å². The summed E-state index contributed by atoms with van der Waals surface area (Å²) < 4.78 is 3.35. The minimum Gasteiger partial charge on any atom is -0.351 e. The second kappa shape index (κ2) is 17.6. The van der Waals surface area contributed by atoms with E-state index in [0.29, 0.717) is 35.6 Å². The van der Waals surface area contributed by atoms with Crippen LogP contribution in [0, 0.1) is 0 Å². The number of aromatic nitrogens is 6. The van der Waals surface area contributed by atoms with Gasteiger partial charge >= 0.3 is 6.03 Å². The van der Waals surface area contributed by atoms with Gasteiger partial charge in [-0.05, 0) is 125 Å². The maximum Gasteiger partial charge on any atom is 0.323 e. The van der Waals surface area contributed by atoms with Gasteiger partial charge in [0, 0.05) is 48.4 Å². The molecule has 0 saturated carbocycles. The van der Waals surface area contributed by atoms with Crippen LogP contribution < -0.4 is 21.3 Å². The van der Waals surface area contributed by atoms with Gasteiger partial charge in [-0.1, -0.05) is 34.7 Å². The van der Waals surface area contributed by atoms with E-state index < -0.39 is 6.03 Å². The van der Waals surface area contributed by atoms with Crippen molar-refractivity contribution in [2.75, 3.05) is 54.8 Å². The van der Waals surface area contributed by atoms with Crippen molar-refractivity contribution in [3.8, 4) is 33.9 Å². The molecule has 4 aromatic carbocycles. The van der Waals surface area contributed by atoms with Gasteiger partial charge in [-0.3, -0.25) is 14.5 Å². The lowest BCUT2D eigenvalue weighted by molar-refractivity contribution is -0.117. The van der Waals surface area contributed by atoms with Crippen molar-refractivity contribution in [3.05, 3.63) is 109 Å². The summed E-state index contributed by atoms with van der Waals surface area (Å²) >= 11 is 0.